The van der Waals surface area contributed by atoms with Crippen LogP contribution in [-0.2, 0) is 12.8 Å². The molecule has 0 spiro atoms. The van der Waals surface area contributed by atoms with E-state index in [2.05, 4.69) is 5.10 Å². The quantitative estimate of drug-likeness (QED) is 0.727. The number of fused-ring (bicyclic) bond motifs is 1. The first-order valence-corrected chi connectivity index (χ1v) is 5.87. The molecule has 0 amide bonds. The number of rotatable bonds is 1. The van der Waals surface area contributed by atoms with E-state index in [0.29, 0.717) is 6.07 Å². The minimum atomic E-state index is -1.23. The molecule has 3 rings (SSSR count). The Hall–Kier alpha value is -1.49. The molecule has 0 bridgehead atoms. The third-order valence-corrected chi connectivity index (χ3v) is 3.45. The molecule has 2 nitrogen and oxygen atoms in total. The van der Waals surface area contributed by atoms with Gasteiger partial charge in [0.15, 0.2) is 17.5 Å². The summed E-state index contributed by atoms with van der Waals surface area (Å²) in [5.74, 6) is -3.25. The van der Waals surface area contributed by atoms with Crippen molar-refractivity contribution in [3.8, 4) is 5.69 Å². The number of benzene rings is 1. The zero-order valence-corrected chi connectivity index (χ0v) is 9.94. The molecular formula is C12H8ClF3N2. The molecular weight excluding hydrogens is 265 g/mol. The number of hydrogen-bond acceptors (Lipinski definition) is 1. The maximum absolute atomic E-state index is 13.6. The van der Waals surface area contributed by atoms with E-state index in [1.807, 2.05) is 0 Å². The highest BCUT2D eigenvalue weighted by molar-refractivity contribution is 6.30. The van der Waals surface area contributed by atoms with Gasteiger partial charge >= 0.3 is 0 Å². The van der Waals surface area contributed by atoms with Gasteiger partial charge in [0.05, 0.1) is 5.69 Å². The average molecular weight is 273 g/mol. The topological polar surface area (TPSA) is 17.8 Å². The van der Waals surface area contributed by atoms with Crippen LogP contribution in [0.4, 0.5) is 13.2 Å². The van der Waals surface area contributed by atoms with Crippen LogP contribution in [0.5, 0.6) is 0 Å². The molecule has 2 aromatic rings. The van der Waals surface area contributed by atoms with E-state index in [9.17, 15) is 13.2 Å². The SMILES string of the molecule is Fc1cc(F)c(-n2nc3c(c2Cl)CCC3)cc1F. The van der Waals surface area contributed by atoms with Crippen LogP contribution in [0.1, 0.15) is 17.7 Å². The number of hydrogen-bond donors (Lipinski definition) is 0. The van der Waals surface area contributed by atoms with E-state index in [4.69, 9.17) is 11.6 Å². The maximum Gasteiger partial charge on any atom is 0.161 e. The number of halogens is 4. The normalized spacial score (nSPS) is 14.0. The molecule has 1 heterocycles. The van der Waals surface area contributed by atoms with Crippen LogP contribution in [0.15, 0.2) is 12.1 Å². The molecule has 94 valence electrons. The molecule has 1 aromatic heterocycles. The fourth-order valence-electron chi connectivity index (χ4n) is 2.19. The molecule has 0 N–H and O–H groups in total. The third-order valence-electron chi connectivity index (χ3n) is 3.06. The highest BCUT2D eigenvalue weighted by Gasteiger charge is 2.23. The van der Waals surface area contributed by atoms with Crippen LogP contribution in [0, 0.1) is 17.5 Å². The van der Waals surface area contributed by atoms with Crippen LogP contribution < -0.4 is 0 Å². The van der Waals surface area contributed by atoms with Crippen molar-refractivity contribution in [2.75, 3.05) is 0 Å². The third kappa shape index (κ3) is 1.61. The van der Waals surface area contributed by atoms with Crippen molar-refractivity contribution < 1.29 is 13.2 Å². The van der Waals surface area contributed by atoms with E-state index in [1.165, 1.54) is 0 Å². The average Bonchev–Trinajstić information content (AvgIpc) is 2.88. The second-order valence-corrected chi connectivity index (χ2v) is 4.56. The highest BCUT2D eigenvalue weighted by Crippen LogP contribution is 2.31. The standard InChI is InChI=1S/C12H8ClF3N2/c13-12-6-2-1-3-10(6)17-18(12)11-5-8(15)7(14)4-9(11)16/h4-5H,1-3H2. The summed E-state index contributed by atoms with van der Waals surface area (Å²) in [5, 5.41) is 4.42. The zero-order chi connectivity index (χ0) is 12.9. The summed E-state index contributed by atoms with van der Waals surface area (Å²) in [7, 11) is 0. The summed E-state index contributed by atoms with van der Waals surface area (Å²) < 4.78 is 40.8. The first kappa shape index (κ1) is 11.6. The molecule has 0 fully saturated rings. The largest absolute Gasteiger partial charge is 0.219 e. The Balaban J connectivity index is 2.19. The van der Waals surface area contributed by atoms with Crippen molar-refractivity contribution in [1.29, 1.82) is 0 Å². The molecule has 18 heavy (non-hydrogen) atoms. The fraction of sp³-hybridized carbons (Fsp3) is 0.250. The Labute approximate surface area is 106 Å². The van der Waals surface area contributed by atoms with Crippen LogP contribution in [0.3, 0.4) is 0 Å². The van der Waals surface area contributed by atoms with Crippen LogP contribution in [-0.4, -0.2) is 9.78 Å². The van der Waals surface area contributed by atoms with Gasteiger partial charge in [-0.25, -0.2) is 17.9 Å². The summed E-state index contributed by atoms with van der Waals surface area (Å²) in [6.07, 6.45) is 2.51. The van der Waals surface area contributed by atoms with Crippen molar-refractivity contribution in [1.82, 2.24) is 9.78 Å². The highest BCUT2D eigenvalue weighted by atomic mass is 35.5. The predicted molar refractivity (Wildman–Crippen MR) is 60.5 cm³/mol. The minimum Gasteiger partial charge on any atom is -0.219 e. The van der Waals surface area contributed by atoms with Crippen molar-refractivity contribution in [2.45, 2.75) is 19.3 Å². The van der Waals surface area contributed by atoms with Gasteiger partial charge in [-0.05, 0) is 19.3 Å². The molecule has 1 aliphatic carbocycles. The molecule has 1 aliphatic rings. The Morgan fingerprint density at radius 2 is 1.78 bits per heavy atom. The minimum absolute atomic E-state index is 0.173. The van der Waals surface area contributed by atoms with Crippen LogP contribution in [0.25, 0.3) is 5.69 Å². The van der Waals surface area contributed by atoms with Gasteiger partial charge in [-0.1, -0.05) is 11.6 Å². The first-order valence-electron chi connectivity index (χ1n) is 5.49. The second kappa shape index (κ2) is 4.02. The van der Waals surface area contributed by atoms with E-state index in [1.54, 1.807) is 0 Å². The van der Waals surface area contributed by atoms with Gasteiger partial charge in [0.2, 0.25) is 0 Å². The van der Waals surface area contributed by atoms with Crippen molar-refractivity contribution in [3.63, 3.8) is 0 Å². The fourth-order valence-corrected chi connectivity index (χ4v) is 2.52. The van der Waals surface area contributed by atoms with Crippen LogP contribution in [0.2, 0.25) is 5.15 Å². The Morgan fingerprint density at radius 3 is 2.50 bits per heavy atom. The van der Waals surface area contributed by atoms with Gasteiger partial charge in [-0.2, -0.15) is 5.10 Å². The summed E-state index contributed by atoms with van der Waals surface area (Å²) >= 11 is 6.09. The summed E-state index contributed by atoms with van der Waals surface area (Å²) in [6, 6.07) is 1.26. The van der Waals surface area contributed by atoms with E-state index < -0.39 is 17.5 Å². The molecule has 0 radical (unpaired) electrons. The van der Waals surface area contributed by atoms with Gasteiger partial charge in [0, 0.05) is 17.7 Å². The lowest BCUT2D eigenvalue weighted by atomic mass is 10.2. The predicted octanol–water partition coefficient (Wildman–Crippen LogP) is 3.43. The smallest absolute Gasteiger partial charge is 0.161 e. The van der Waals surface area contributed by atoms with Crippen molar-refractivity contribution in [2.24, 2.45) is 0 Å². The van der Waals surface area contributed by atoms with Gasteiger partial charge in [-0.15, -0.1) is 0 Å². The summed E-state index contributed by atoms with van der Waals surface area (Å²) in [5.41, 5.74) is 1.48. The molecule has 1 aromatic carbocycles. The molecule has 6 heteroatoms. The van der Waals surface area contributed by atoms with Crippen LogP contribution >= 0.6 is 11.6 Å². The molecule has 0 aliphatic heterocycles. The molecule has 0 atom stereocenters. The first-order chi connectivity index (χ1) is 8.58. The van der Waals surface area contributed by atoms with Crippen molar-refractivity contribution in [3.05, 3.63) is 46.0 Å². The van der Waals surface area contributed by atoms with E-state index in [-0.39, 0.29) is 10.8 Å². The maximum atomic E-state index is 13.6. The van der Waals surface area contributed by atoms with Gasteiger partial charge in [0.25, 0.3) is 0 Å². The number of nitrogens with zero attached hydrogens (tertiary/aromatic N) is 2. The second-order valence-electron chi connectivity index (χ2n) is 4.20. The summed E-state index contributed by atoms with van der Waals surface area (Å²) in [6.45, 7) is 0. The molecule has 0 unspecified atom stereocenters. The molecule has 0 saturated carbocycles. The Kier molecular flexibility index (Phi) is 2.59. The lowest BCUT2D eigenvalue weighted by Gasteiger charge is -2.06. The lowest BCUT2D eigenvalue weighted by molar-refractivity contribution is 0.491. The van der Waals surface area contributed by atoms with Gasteiger partial charge < -0.3 is 0 Å². The van der Waals surface area contributed by atoms with Gasteiger partial charge in [-0.3, -0.25) is 0 Å². The molecule has 0 saturated heterocycles. The van der Waals surface area contributed by atoms with Crippen molar-refractivity contribution >= 4 is 11.6 Å². The Morgan fingerprint density at radius 1 is 1.06 bits per heavy atom. The van der Waals surface area contributed by atoms with Gasteiger partial charge in [0.1, 0.15) is 10.8 Å². The zero-order valence-electron chi connectivity index (χ0n) is 9.18. The number of aromatic nitrogens is 2. The Bertz CT molecular complexity index is 637. The van der Waals surface area contributed by atoms with E-state index in [0.717, 1.165) is 41.3 Å². The monoisotopic (exact) mass is 272 g/mol. The van der Waals surface area contributed by atoms with E-state index >= 15 is 0 Å². The summed E-state index contributed by atoms with van der Waals surface area (Å²) in [4.78, 5) is 0. The lowest BCUT2D eigenvalue weighted by Crippen LogP contribution is -2.03. The number of aryl methyl sites for hydroxylation is 1.